The molecule has 1 aromatic rings. The number of methoxy groups -OCH3 is 1. The molecule has 0 aliphatic rings. The standard InChI is InChI=1S/C17H29N3O3.HI/c1-15-6-4-7-16(14-15)23-11-9-20-17(18-2)19-8-5-10-22-13-12-21-3;/h4,6-7,14H,5,8-13H2,1-3H3,(H2,18,19,20);1H. The van der Waals surface area contributed by atoms with Crippen molar-refractivity contribution in [1.82, 2.24) is 10.6 Å². The van der Waals surface area contributed by atoms with Gasteiger partial charge in [0.2, 0.25) is 0 Å². The number of aryl methyl sites for hydroxylation is 1. The summed E-state index contributed by atoms with van der Waals surface area (Å²) in [6.07, 6.45) is 0.921. The van der Waals surface area contributed by atoms with Crippen LogP contribution in [0.3, 0.4) is 0 Å². The van der Waals surface area contributed by atoms with E-state index in [-0.39, 0.29) is 24.0 Å². The van der Waals surface area contributed by atoms with Crippen LogP contribution in [0.2, 0.25) is 0 Å². The van der Waals surface area contributed by atoms with Crippen LogP contribution in [0.25, 0.3) is 0 Å². The molecular weight excluding hydrogens is 421 g/mol. The number of halogens is 1. The largest absolute Gasteiger partial charge is 0.492 e. The molecule has 2 N–H and O–H groups in total. The fourth-order valence-corrected chi connectivity index (χ4v) is 1.89. The lowest BCUT2D eigenvalue weighted by atomic mass is 10.2. The fraction of sp³-hybridized carbons (Fsp3) is 0.588. The smallest absolute Gasteiger partial charge is 0.191 e. The van der Waals surface area contributed by atoms with E-state index in [2.05, 4.69) is 28.6 Å². The summed E-state index contributed by atoms with van der Waals surface area (Å²) in [5.74, 6) is 1.66. The highest BCUT2D eigenvalue weighted by Gasteiger charge is 1.98. The Kier molecular flexibility index (Phi) is 14.8. The number of hydrogen-bond donors (Lipinski definition) is 2. The van der Waals surface area contributed by atoms with Crippen molar-refractivity contribution >= 4 is 29.9 Å². The van der Waals surface area contributed by atoms with Crippen LogP contribution in [0.4, 0.5) is 0 Å². The van der Waals surface area contributed by atoms with Crippen molar-refractivity contribution in [2.24, 2.45) is 4.99 Å². The van der Waals surface area contributed by atoms with Crippen molar-refractivity contribution < 1.29 is 14.2 Å². The summed E-state index contributed by atoms with van der Waals surface area (Å²) in [4.78, 5) is 4.17. The van der Waals surface area contributed by atoms with Gasteiger partial charge in [0.1, 0.15) is 12.4 Å². The maximum Gasteiger partial charge on any atom is 0.191 e. The fourth-order valence-electron chi connectivity index (χ4n) is 1.89. The molecule has 0 saturated heterocycles. The van der Waals surface area contributed by atoms with Crippen molar-refractivity contribution in [3.63, 3.8) is 0 Å². The highest BCUT2D eigenvalue weighted by atomic mass is 127. The van der Waals surface area contributed by atoms with Crippen LogP contribution in [0.1, 0.15) is 12.0 Å². The van der Waals surface area contributed by atoms with Gasteiger partial charge in [0.25, 0.3) is 0 Å². The molecule has 138 valence electrons. The first-order valence-electron chi connectivity index (χ1n) is 7.97. The summed E-state index contributed by atoms with van der Waals surface area (Å²) in [6, 6.07) is 8.03. The van der Waals surface area contributed by atoms with Gasteiger partial charge in [-0.15, -0.1) is 24.0 Å². The molecule has 1 rings (SSSR count). The molecule has 1 aromatic carbocycles. The van der Waals surface area contributed by atoms with Crippen LogP contribution in [-0.2, 0) is 9.47 Å². The minimum atomic E-state index is 0. The van der Waals surface area contributed by atoms with Crippen LogP contribution in [0.15, 0.2) is 29.3 Å². The van der Waals surface area contributed by atoms with Gasteiger partial charge in [-0.25, -0.2) is 0 Å². The van der Waals surface area contributed by atoms with Gasteiger partial charge in [-0.3, -0.25) is 4.99 Å². The topological polar surface area (TPSA) is 64.1 Å². The lowest BCUT2D eigenvalue weighted by molar-refractivity contribution is 0.0698. The summed E-state index contributed by atoms with van der Waals surface area (Å²) in [7, 11) is 3.43. The molecular formula is C17H30IN3O3. The predicted octanol–water partition coefficient (Wildman–Crippen LogP) is 2.21. The average Bonchev–Trinajstić information content (AvgIpc) is 2.56. The lowest BCUT2D eigenvalue weighted by Crippen LogP contribution is -2.39. The number of hydrogen-bond acceptors (Lipinski definition) is 4. The van der Waals surface area contributed by atoms with Crippen molar-refractivity contribution in [3.8, 4) is 5.75 Å². The SMILES string of the molecule is CN=C(NCCCOCCOC)NCCOc1cccc(C)c1.I. The summed E-state index contributed by atoms with van der Waals surface area (Å²) in [5, 5.41) is 6.46. The summed E-state index contributed by atoms with van der Waals surface area (Å²) >= 11 is 0. The Morgan fingerprint density at radius 2 is 1.88 bits per heavy atom. The Hall–Kier alpha value is -1.06. The predicted molar refractivity (Wildman–Crippen MR) is 109 cm³/mol. The molecule has 24 heavy (non-hydrogen) atoms. The zero-order chi connectivity index (χ0) is 16.8. The van der Waals surface area contributed by atoms with Crippen molar-refractivity contribution in [2.45, 2.75) is 13.3 Å². The van der Waals surface area contributed by atoms with Crippen molar-refractivity contribution in [2.75, 3.05) is 53.7 Å². The van der Waals surface area contributed by atoms with Gasteiger partial charge in [0.15, 0.2) is 5.96 Å². The van der Waals surface area contributed by atoms with E-state index in [1.807, 2.05) is 18.2 Å². The monoisotopic (exact) mass is 451 g/mol. The van der Waals surface area contributed by atoms with E-state index in [0.717, 1.165) is 24.7 Å². The molecule has 0 radical (unpaired) electrons. The number of guanidine groups is 1. The van der Waals surface area contributed by atoms with E-state index >= 15 is 0 Å². The highest BCUT2D eigenvalue weighted by Crippen LogP contribution is 2.11. The van der Waals surface area contributed by atoms with Crippen molar-refractivity contribution in [1.29, 1.82) is 0 Å². The highest BCUT2D eigenvalue weighted by molar-refractivity contribution is 14.0. The Labute approximate surface area is 162 Å². The second-order valence-corrected chi connectivity index (χ2v) is 5.05. The third kappa shape index (κ3) is 11.5. The van der Waals surface area contributed by atoms with Crippen molar-refractivity contribution in [3.05, 3.63) is 29.8 Å². The Bertz CT molecular complexity index is 458. The third-order valence-corrected chi connectivity index (χ3v) is 3.07. The lowest BCUT2D eigenvalue weighted by Gasteiger charge is -2.12. The molecule has 0 heterocycles. The molecule has 7 heteroatoms. The summed E-state index contributed by atoms with van der Waals surface area (Å²) < 4.78 is 16.0. The van der Waals surface area contributed by atoms with Gasteiger partial charge >= 0.3 is 0 Å². The molecule has 0 bridgehead atoms. The van der Waals surface area contributed by atoms with Gasteiger partial charge in [0.05, 0.1) is 19.8 Å². The zero-order valence-corrected chi connectivity index (χ0v) is 17.2. The Balaban J connectivity index is 0.00000529. The first kappa shape index (κ1) is 22.9. The third-order valence-electron chi connectivity index (χ3n) is 3.07. The molecule has 0 aliphatic carbocycles. The number of benzene rings is 1. The zero-order valence-electron chi connectivity index (χ0n) is 14.8. The summed E-state index contributed by atoms with van der Waals surface area (Å²) in [5.41, 5.74) is 1.20. The normalized spacial score (nSPS) is 10.9. The second kappa shape index (κ2) is 15.5. The second-order valence-electron chi connectivity index (χ2n) is 5.05. The first-order chi connectivity index (χ1) is 11.3. The van der Waals surface area contributed by atoms with Crippen LogP contribution < -0.4 is 15.4 Å². The quantitative estimate of drug-likeness (QED) is 0.234. The van der Waals surface area contributed by atoms with E-state index in [4.69, 9.17) is 14.2 Å². The van der Waals surface area contributed by atoms with E-state index in [1.165, 1.54) is 5.56 Å². The van der Waals surface area contributed by atoms with E-state index in [1.54, 1.807) is 14.2 Å². The van der Waals surface area contributed by atoms with Crippen LogP contribution in [0, 0.1) is 6.92 Å². The molecule has 0 aromatic heterocycles. The molecule has 0 spiro atoms. The minimum Gasteiger partial charge on any atom is -0.492 e. The van der Waals surface area contributed by atoms with Gasteiger partial charge in [-0.1, -0.05) is 12.1 Å². The maximum absolute atomic E-state index is 5.69. The number of rotatable bonds is 11. The van der Waals surface area contributed by atoms with E-state index in [9.17, 15) is 0 Å². The molecule has 0 amide bonds. The number of nitrogens with one attached hydrogen (secondary N) is 2. The van der Waals surface area contributed by atoms with Crippen LogP contribution in [0.5, 0.6) is 5.75 Å². The summed E-state index contributed by atoms with van der Waals surface area (Å²) in [6.45, 7) is 6.13. The molecule has 6 nitrogen and oxygen atoms in total. The molecule has 0 saturated carbocycles. The first-order valence-corrected chi connectivity index (χ1v) is 7.97. The van der Waals surface area contributed by atoms with Gasteiger partial charge in [0, 0.05) is 27.3 Å². The number of ether oxygens (including phenoxy) is 3. The molecule has 0 aliphatic heterocycles. The molecule has 0 fully saturated rings. The Morgan fingerprint density at radius 1 is 1.08 bits per heavy atom. The molecule has 0 atom stereocenters. The van der Waals surface area contributed by atoms with Gasteiger partial charge < -0.3 is 24.8 Å². The minimum absolute atomic E-state index is 0. The maximum atomic E-state index is 5.69. The Morgan fingerprint density at radius 3 is 2.58 bits per heavy atom. The van der Waals surface area contributed by atoms with Gasteiger partial charge in [-0.05, 0) is 31.0 Å². The van der Waals surface area contributed by atoms with Gasteiger partial charge in [-0.2, -0.15) is 0 Å². The van der Waals surface area contributed by atoms with E-state index in [0.29, 0.717) is 33.0 Å². The number of nitrogens with zero attached hydrogens (tertiary/aromatic N) is 1. The van der Waals surface area contributed by atoms with E-state index < -0.39 is 0 Å². The average molecular weight is 451 g/mol. The number of aliphatic imine (C=N–C) groups is 1. The molecule has 0 unspecified atom stereocenters. The van der Waals surface area contributed by atoms with Crippen LogP contribution in [-0.4, -0.2) is 59.6 Å². The van der Waals surface area contributed by atoms with Crippen LogP contribution >= 0.6 is 24.0 Å².